The minimum absolute atomic E-state index is 0.198. The molecule has 0 radical (unpaired) electrons. The van der Waals surface area contributed by atoms with Gasteiger partial charge in [0, 0.05) is 41.8 Å². The smallest absolute Gasteiger partial charge is 0.166 e. The Kier molecular flexibility index (Phi) is 4.41. The van der Waals surface area contributed by atoms with Crippen molar-refractivity contribution in [3.05, 3.63) is 77.9 Å². The summed E-state index contributed by atoms with van der Waals surface area (Å²) < 4.78 is 22.6. The van der Waals surface area contributed by atoms with Gasteiger partial charge in [0.1, 0.15) is 17.5 Å². The maximum atomic E-state index is 14.4. The second-order valence-corrected chi connectivity index (χ2v) is 8.12. The zero-order valence-corrected chi connectivity index (χ0v) is 17.5. The Balaban J connectivity index is 1.86. The van der Waals surface area contributed by atoms with Gasteiger partial charge in [-0.05, 0) is 49.2 Å². The lowest BCUT2D eigenvalue weighted by Crippen LogP contribution is -2.27. The quantitative estimate of drug-likeness (QED) is 0.450. The van der Waals surface area contributed by atoms with Crippen LogP contribution in [0.15, 0.2) is 55.2 Å². The molecule has 1 aliphatic rings. The molecule has 0 aliphatic carbocycles. The SMILES string of the molecule is CC1(C)Oc2cc(cnc2N)-c2c(C#N)ncn2Cc2ccncc2-c2ccc(F)cc21. The largest absolute Gasteiger partial charge is 0.479 e. The second-order valence-electron chi connectivity index (χ2n) is 8.12. The molecule has 5 rings (SSSR count). The number of nitrogens with two attached hydrogens (primary N) is 1. The Morgan fingerprint density at radius 2 is 2.00 bits per heavy atom. The number of anilines is 1. The molecule has 0 saturated carbocycles. The molecule has 3 aromatic heterocycles. The van der Waals surface area contributed by atoms with Crippen molar-refractivity contribution in [2.45, 2.75) is 26.0 Å². The highest BCUT2D eigenvalue weighted by atomic mass is 19.1. The molecule has 158 valence electrons. The van der Waals surface area contributed by atoms with Gasteiger partial charge in [-0.2, -0.15) is 5.26 Å². The van der Waals surface area contributed by atoms with Gasteiger partial charge in [-0.1, -0.05) is 6.07 Å². The van der Waals surface area contributed by atoms with Crippen LogP contribution in [-0.4, -0.2) is 19.5 Å². The van der Waals surface area contributed by atoms with E-state index >= 15 is 0 Å². The first-order chi connectivity index (χ1) is 15.4. The van der Waals surface area contributed by atoms with Gasteiger partial charge in [0.15, 0.2) is 17.3 Å². The fraction of sp³-hybridized carbons (Fsp3) is 0.167. The molecule has 0 amide bonds. The lowest BCUT2D eigenvalue weighted by molar-refractivity contribution is 0.109. The summed E-state index contributed by atoms with van der Waals surface area (Å²) in [6.45, 7) is 4.13. The third-order valence-electron chi connectivity index (χ3n) is 5.64. The predicted molar refractivity (Wildman–Crippen MR) is 117 cm³/mol. The maximum absolute atomic E-state index is 14.4. The molecular weight excluding hydrogens is 407 g/mol. The molecule has 4 heterocycles. The first kappa shape index (κ1) is 19.7. The molecule has 32 heavy (non-hydrogen) atoms. The highest BCUT2D eigenvalue weighted by molar-refractivity contribution is 5.73. The average molecular weight is 426 g/mol. The standard InChI is InChI=1S/C24H19FN6O/c1-24(2)19-8-16(25)3-4-17(19)18-11-28-6-5-14(18)12-31-13-30-20(9-26)22(31)15-7-21(32-24)23(27)29-10-15/h3-8,10-11,13H,12H2,1-2H3,(H2,27,29). The molecule has 0 spiro atoms. The average Bonchev–Trinajstić information content (AvgIpc) is 3.17. The van der Waals surface area contributed by atoms with Crippen LogP contribution >= 0.6 is 0 Å². The minimum Gasteiger partial charge on any atom is -0.479 e. The molecule has 2 N–H and O–H groups in total. The van der Waals surface area contributed by atoms with Crippen LogP contribution in [0.3, 0.4) is 0 Å². The summed E-state index contributed by atoms with van der Waals surface area (Å²) >= 11 is 0. The van der Waals surface area contributed by atoms with Gasteiger partial charge in [-0.15, -0.1) is 0 Å². The van der Waals surface area contributed by atoms with E-state index in [0.717, 1.165) is 16.7 Å². The highest BCUT2D eigenvalue weighted by Gasteiger charge is 2.30. The highest BCUT2D eigenvalue weighted by Crippen LogP contribution is 2.40. The molecule has 1 aliphatic heterocycles. The van der Waals surface area contributed by atoms with E-state index in [-0.39, 0.29) is 17.3 Å². The van der Waals surface area contributed by atoms with E-state index in [1.54, 1.807) is 37.1 Å². The van der Waals surface area contributed by atoms with E-state index in [0.29, 0.717) is 29.1 Å². The number of ether oxygens (including phenoxy) is 1. The third-order valence-corrected chi connectivity index (χ3v) is 5.64. The van der Waals surface area contributed by atoms with Gasteiger partial charge in [0.2, 0.25) is 0 Å². The lowest BCUT2D eigenvalue weighted by Gasteiger charge is -2.30. The fourth-order valence-corrected chi connectivity index (χ4v) is 4.12. The van der Waals surface area contributed by atoms with Gasteiger partial charge in [0.25, 0.3) is 0 Å². The van der Waals surface area contributed by atoms with E-state index in [9.17, 15) is 9.65 Å². The van der Waals surface area contributed by atoms with Crippen LogP contribution < -0.4 is 10.5 Å². The number of imidazole rings is 1. The van der Waals surface area contributed by atoms with Crippen molar-refractivity contribution in [1.82, 2.24) is 19.5 Å². The predicted octanol–water partition coefficient (Wildman–Crippen LogP) is 4.28. The Labute approximate surface area is 184 Å². The minimum atomic E-state index is -0.948. The van der Waals surface area contributed by atoms with Gasteiger partial charge in [0.05, 0.1) is 12.0 Å². The molecule has 0 atom stereocenters. The Bertz CT molecular complexity index is 1400. The lowest BCUT2D eigenvalue weighted by atomic mass is 9.88. The van der Waals surface area contributed by atoms with Crippen LogP contribution in [0.1, 0.15) is 30.7 Å². The number of pyridine rings is 2. The van der Waals surface area contributed by atoms with E-state index in [1.807, 2.05) is 24.5 Å². The molecular formula is C24H19FN6O. The van der Waals surface area contributed by atoms with Crippen molar-refractivity contribution < 1.29 is 9.13 Å². The third kappa shape index (κ3) is 3.15. The Hall–Kier alpha value is -4.25. The van der Waals surface area contributed by atoms with Crippen molar-refractivity contribution in [3.63, 3.8) is 0 Å². The van der Waals surface area contributed by atoms with Crippen molar-refractivity contribution in [2.75, 3.05) is 5.73 Å². The second kappa shape index (κ2) is 7.17. The summed E-state index contributed by atoms with van der Waals surface area (Å²) in [5.74, 6) is 0.170. The number of halogens is 1. The number of fused-ring (bicyclic) bond motifs is 7. The molecule has 0 saturated heterocycles. The Morgan fingerprint density at radius 3 is 2.81 bits per heavy atom. The fourth-order valence-electron chi connectivity index (χ4n) is 4.12. The van der Waals surface area contributed by atoms with Gasteiger partial charge in [-0.3, -0.25) is 4.98 Å². The summed E-state index contributed by atoms with van der Waals surface area (Å²) in [6.07, 6.45) is 6.68. The van der Waals surface area contributed by atoms with E-state index in [2.05, 4.69) is 21.0 Å². The normalized spacial score (nSPS) is 13.9. The molecule has 8 heteroatoms. The van der Waals surface area contributed by atoms with Gasteiger partial charge < -0.3 is 15.0 Å². The van der Waals surface area contributed by atoms with Gasteiger partial charge in [-0.25, -0.2) is 14.4 Å². The van der Waals surface area contributed by atoms with Crippen LogP contribution in [0, 0.1) is 17.1 Å². The zero-order valence-electron chi connectivity index (χ0n) is 17.5. The summed E-state index contributed by atoms with van der Waals surface area (Å²) in [4.78, 5) is 12.9. The van der Waals surface area contributed by atoms with Gasteiger partial charge >= 0.3 is 0 Å². The van der Waals surface area contributed by atoms with E-state index < -0.39 is 5.60 Å². The monoisotopic (exact) mass is 426 g/mol. The molecule has 4 aromatic rings. The number of hydrogen-bond acceptors (Lipinski definition) is 6. The number of hydrogen-bond donors (Lipinski definition) is 1. The van der Waals surface area contributed by atoms with E-state index in [1.165, 1.54) is 12.1 Å². The number of nitrogen functional groups attached to an aromatic ring is 1. The van der Waals surface area contributed by atoms with Crippen LogP contribution in [0.5, 0.6) is 5.75 Å². The summed E-state index contributed by atoms with van der Waals surface area (Å²) in [5.41, 5.74) is 9.94. The van der Waals surface area contributed by atoms with Crippen molar-refractivity contribution in [3.8, 4) is 34.2 Å². The first-order valence-corrected chi connectivity index (χ1v) is 10.0. The van der Waals surface area contributed by atoms with Crippen LogP contribution in [0.4, 0.5) is 10.2 Å². The first-order valence-electron chi connectivity index (χ1n) is 10.0. The number of benzene rings is 1. The molecule has 7 nitrogen and oxygen atoms in total. The van der Waals surface area contributed by atoms with Crippen LogP contribution in [0.2, 0.25) is 0 Å². The van der Waals surface area contributed by atoms with Crippen LogP contribution in [0.25, 0.3) is 22.4 Å². The summed E-state index contributed by atoms with van der Waals surface area (Å²) in [6, 6.07) is 10.4. The molecule has 0 unspecified atom stereocenters. The maximum Gasteiger partial charge on any atom is 0.166 e. The molecule has 1 aromatic carbocycles. The zero-order chi connectivity index (χ0) is 22.5. The summed E-state index contributed by atoms with van der Waals surface area (Å²) in [5, 5.41) is 9.64. The van der Waals surface area contributed by atoms with Crippen molar-refractivity contribution >= 4 is 5.82 Å². The van der Waals surface area contributed by atoms with Crippen molar-refractivity contribution in [1.29, 1.82) is 5.26 Å². The Morgan fingerprint density at radius 1 is 1.16 bits per heavy atom. The molecule has 2 bridgehead atoms. The number of nitriles is 1. The number of aromatic nitrogens is 4. The van der Waals surface area contributed by atoms with E-state index in [4.69, 9.17) is 10.5 Å². The van der Waals surface area contributed by atoms with Crippen LogP contribution in [-0.2, 0) is 12.1 Å². The molecule has 0 fully saturated rings. The topological polar surface area (TPSA) is 103 Å². The summed E-state index contributed by atoms with van der Waals surface area (Å²) in [7, 11) is 0. The number of nitrogens with zero attached hydrogens (tertiary/aromatic N) is 5. The number of rotatable bonds is 0. The van der Waals surface area contributed by atoms with Crippen molar-refractivity contribution in [2.24, 2.45) is 0 Å².